The standard InChI is InChI=1S/C26H28FN3O3S/c1-4-5-12-26(19-8-10-20(27)11-9-19)24(32)30(25(33)28-26)16-23(31)22-14-17(2)29(18(22)3)15-21-7-6-13-34-21/h6-11,13-14H,4-5,12,15-16H2,1-3H3,(H,28,33)/t26-/m0/s1. The van der Waals surface area contributed by atoms with E-state index >= 15 is 0 Å². The van der Waals surface area contributed by atoms with Crippen LogP contribution in [0, 0.1) is 19.7 Å². The predicted octanol–water partition coefficient (Wildman–Crippen LogP) is 5.17. The van der Waals surface area contributed by atoms with Gasteiger partial charge in [0.05, 0.1) is 13.1 Å². The van der Waals surface area contributed by atoms with Gasteiger partial charge in [-0.2, -0.15) is 0 Å². The maximum absolute atomic E-state index is 13.6. The Labute approximate surface area is 202 Å². The SMILES string of the molecule is CCCC[C@@]1(c2ccc(F)cc2)NC(=O)N(CC(=O)c2cc(C)n(Cc3cccs3)c2C)C1=O. The molecule has 1 N–H and O–H groups in total. The Morgan fingerprint density at radius 3 is 2.53 bits per heavy atom. The van der Waals surface area contributed by atoms with Crippen LogP contribution < -0.4 is 5.32 Å². The Kier molecular flexibility index (Phi) is 6.70. The number of carbonyl (C=O) groups is 3. The van der Waals surface area contributed by atoms with Gasteiger partial charge >= 0.3 is 6.03 Å². The number of ketones is 1. The van der Waals surface area contributed by atoms with E-state index in [1.54, 1.807) is 11.3 Å². The van der Waals surface area contributed by atoms with Crippen molar-refractivity contribution in [3.05, 3.63) is 81.1 Å². The molecular weight excluding hydrogens is 453 g/mol. The van der Waals surface area contributed by atoms with E-state index in [9.17, 15) is 18.8 Å². The Balaban J connectivity index is 1.59. The molecule has 8 heteroatoms. The van der Waals surface area contributed by atoms with E-state index in [0.29, 0.717) is 30.5 Å². The minimum atomic E-state index is -1.29. The van der Waals surface area contributed by atoms with Gasteiger partial charge in [-0.1, -0.05) is 38.0 Å². The smallest absolute Gasteiger partial charge is 0.325 e. The number of thiophene rings is 1. The number of aromatic nitrogens is 1. The highest BCUT2D eigenvalue weighted by Crippen LogP contribution is 2.34. The molecule has 1 aliphatic heterocycles. The van der Waals surface area contributed by atoms with Crippen molar-refractivity contribution in [2.45, 2.75) is 52.1 Å². The van der Waals surface area contributed by atoms with Gasteiger partial charge in [-0.05, 0) is 55.5 Å². The maximum Gasteiger partial charge on any atom is 0.325 e. The molecule has 6 nitrogen and oxygen atoms in total. The summed E-state index contributed by atoms with van der Waals surface area (Å²) in [6.07, 6.45) is 1.88. The zero-order valence-electron chi connectivity index (χ0n) is 19.6. The molecule has 4 rings (SSSR count). The van der Waals surface area contributed by atoms with E-state index in [1.165, 1.54) is 29.1 Å². The molecule has 3 amide bonds. The van der Waals surface area contributed by atoms with Crippen molar-refractivity contribution in [3.63, 3.8) is 0 Å². The van der Waals surface area contributed by atoms with Crippen molar-refractivity contribution in [1.82, 2.24) is 14.8 Å². The van der Waals surface area contributed by atoms with Crippen molar-refractivity contribution in [1.29, 1.82) is 0 Å². The van der Waals surface area contributed by atoms with Crippen molar-refractivity contribution in [2.75, 3.05) is 6.54 Å². The topological polar surface area (TPSA) is 71.4 Å². The lowest BCUT2D eigenvalue weighted by atomic mass is 9.84. The number of Topliss-reactive ketones (excluding diaryl/α,β-unsaturated/α-hetero) is 1. The fourth-order valence-electron chi connectivity index (χ4n) is 4.57. The van der Waals surface area contributed by atoms with E-state index in [0.717, 1.165) is 22.7 Å². The van der Waals surface area contributed by atoms with Crippen molar-refractivity contribution >= 4 is 29.1 Å². The normalized spacial score (nSPS) is 17.9. The summed E-state index contributed by atoms with van der Waals surface area (Å²) >= 11 is 1.65. The van der Waals surface area contributed by atoms with E-state index in [-0.39, 0.29) is 12.3 Å². The highest BCUT2D eigenvalue weighted by atomic mass is 32.1. The molecule has 1 aromatic carbocycles. The molecule has 178 valence electrons. The second-order valence-electron chi connectivity index (χ2n) is 8.71. The number of hydrogen-bond acceptors (Lipinski definition) is 4. The summed E-state index contributed by atoms with van der Waals surface area (Å²) in [6, 6.07) is 10.8. The first-order chi connectivity index (χ1) is 16.3. The van der Waals surface area contributed by atoms with E-state index in [1.807, 2.05) is 44.4 Å². The van der Waals surface area contributed by atoms with E-state index in [4.69, 9.17) is 0 Å². The van der Waals surface area contributed by atoms with Crippen LogP contribution in [0.3, 0.4) is 0 Å². The molecule has 1 atom stereocenters. The lowest BCUT2D eigenvalue weighted by Gasteiger charge is -2.27. The van der Waals surface area contributed by atoms with Crippen LogP contribution in [-0.2, 0) is 16.9 Å². The third-order valence-electron chi connectivity index (χ3n) is 6.49. The number of unbranched alkanes of at least 4 members (excludes halogenated alkanes) is 1. The van der Waals surface area contributed by atoms with Gasteiger partial charge in [0, 0.05) is 21.8 Å². The first-order valence-electron chi connectivity index (χ1n) is 11.4. The molecule has 3 heterocycles. The molecule has 3 aromatic rings. The van der Waals surface area contributed by atoms with E-state index in [2.05, 4.69) is 9.88 Å². The first-order valence-corrected chi connectivity index (χ1v) is 12.3. The van der Waals surface area contributed by atoms with Crippen molar-refractivity contribution in [2.24, 2.45) is 0 Å². The molecule has 1 aliphatic rings. The summed E-state index contributed by atoms with van der Waals surface area (Å²) in [4.78, 5) is 41.9. The third-order valence-corrected chi connectivity index (χ3v) is 7.35. The fourth-order valence-corrected chi connectivity index (χ4v) is 5.26. The van der Waals surface area contributed by atoms with Crippen molar-refractivity contribution < 1.29 is 18.8 Å². The van der Waals surface area contributed by atoms with Crippen LogP contribution in [0.25, 0.3) is 0 Å². The van der Waals surface area contributed by atoms with Gasteiger partial charge in [-0.25, -0.2) is 9.18 Å². The van der Waals surface area contributed by atoms with Gasteiger partial charge in [-0.15, -0.1) is 11.3 Å². The predicted molar refractivity (Wildman–Crippen MR) is 130 cm³/mol. The number of nitrogens with zero attached hydrogens (tertiary/aromatic N) is 2. The number of hydrogen-bond donors (Lipinski definition) is 1. The van der Waals surface area contributed by atoms with Crippen LogP contribution in [-0.4, -0.2) is 33.7 Å². The minimum Gasteiger partial charge on any atom is -0.343 e. The average molecular weight is 482 g/mol. The Bertz CT molecular complexity index is 1220. The fraction of sp³-hybridized carbons (Fsp3) is 0.346. The monoisotopic (exact) mass is 481 g/mol. The van der Waals surface area contributed by atoms with Crippen molar-refractivity contribution in [3.8, 4) is 0 Å². The van der Waals surface area contributed by atoms with Crippen LogP contribution in [0.15, 0.2) is 47.8 Å². The average Bonchev–Trinajstić information content (AvgIpc) is 3.49. The molecule has 2 aromatic heterocycles. The lowest BCUT2D eigenvalue weighted by Crippen LogP contribution is -2.44. The van der Waals surface area contributed by atoms with Gasteiger partial charge in [0.1, 0.15) is 11.4 Å². The number of imide groups is 1. The number of nitrogens with one attached hydrogen (secondary N) is 1. The minimum absolute atomic E-state index is 0.292. The maximum atomic E-state index is 13.6. The van der Waals surface area contributed by atoms with Gasteiger partial charge in [0.25, 0.3) is 5.91 Å². The molecule has 0 unspecified atom stereocenters. The highest BCUT2D eigenvalue weighted by Gasteiger charge is 2.52. The zero-order valence-corrected chi connectivity index (χ0v) is 20.4. The van der Waals surface area contributed by atoms with Gasteiger partial charge in [-0.3, -0.25) is 14.5 Å². The Morgan fingerprint density at radius 1 is 1.15 bits per heavy atom. The highest BCUT2D eigenvalue weighted by molar-refractivity contribution is 7.09. The molecule has 1 saturated heterocycles. The van der Waals surface area contributed by atoms with Crippen LogP contribution in [0.4, 0.5) is 9.18 Å². The van der Waals surface area contributed by atoms with Crippen LogP contribution in [0.1, 0.15) is 58.4 Å². The zero-order chi connectivity index (χ0) is 24.5. The number of amides is 3. The molecule has 0 aliphatic carbocycles. The molecule has 0 radical (unpaired) electrons. The second kappa shape index (κ2) is 9.54. The third kappa shape index (κ3) is 4.30. The van der Waals surface area contributed by atoms with Gasteiger partial charge in [0.2, 0.25) is 0 Å². The van der Waals surface area contributed by atoms with Gasteiger partial charge < -0.3 is 9.88 Å². The summed E-state index contributed by atoms with van der Waals surface area (Å²) in [7, 11) is 0. The second-order valence-corrected chi connectivity index (χ2v) is 9.74. The summed E-state index contributed by atoms with van der Waals surface area (Å²) in [6.45, 7) is 6.13. The first kappa shape index (κ1) is 23.9. The summed E-state index contributed by atoms with van der Waals surface area (Å²) in [5.74, 6) is -1.19. The van der Waals surface area contributed by atoms with Crippen LogP contribution in [0.5, 0.6) is 0 Å². The number of rotatable bonds is 9. The molecule has 0 saturated carbocycles. The molecule has 0 spiro atoms. The van der Waals surface area contributed by atoms with Crippen LogP contribution in [0.2, 0.25) is 0 Å². The number of halogens is 1. The number of aryl methyl sites for hydroxylation is 1. The summed E-state index contributed by atoms with van der Waals surface area (Å²) in [5, 5.41) is 4.83. The molecular formula is C26H28FN3O3S. The van der Waals surface area contributed by atoms with Gasteiger partial charge in [0.15, 0.2) is 5.78 Å². The molecule has 1 fully saturated rings. The number of carbonyl (C=O) groups excluding carboxylic acids is 3. The quantitative estimate of drug-likeness (QED) is 0.338. The summed E-state index contributed by atoms with van der Waals surface area (Å²) < 4.78 is 15.6. The Hall–Kier alpha value is -3.26. The Morgan fingerprint density at radius 2 is 1.88 bits per heavy atom. The molecule has 34 heavy (non-hydrogen) atoms. The largest absolute Gasteiger partial charge is 0.343 e. The van der Waals surface area contributed by atoms with E-state index < -0.39 is 23.3 Å². The van der Waals surface area contributed by atoms with Crippen LogP contribution >= 0.6 is 11.3 Å². The summed E-state index contributed by atoms with van der Waals surface area (Å²) in [5.41, 5.74) is 1.47. The number of benzene rings is 1. The molecule has 0 bridgehead atoms. The number of urea groups is 1. The lowest BCUT2D eigenvalue weighted by molar-refractivity contribution is -0.131.